The number of nitrogens with zero attached hydrogens (tertiary/aromatic N) is 1. The summed E-state index contributed by atoms with van der Waals surface area (Å²) in [5.41, 5.74) is 1.08. The average Bonchev–Trinajstić information content (AvgIpc) is 2.57. The van der Waals surface area contributed by atoms with E-state index < -0.39 is 6.09 Å². The van der Waals surface area contributed by atoms with E-state index in [1.54, 1.807) is 24.3 Å². The zero-order valence-electron chi connectivity index (χ0n) is 7.58. The van der Waals surface area contributed by atoms with Gasteiger partial charge in [0.05, 0.1) is 11.4 Å². The molecule has 1 aromatic carbocycles. The molecular formula is C10H7Cl2NO2. The van der Waals surface area contributed by atoms with Crippen LogP contribution in [0.25, 0.3) is 10.9 Å². The number of hydrogen-bond donors (Lipinski definition) is 1. The van der Waals surface area contributed by atoms with E-state index in [2.05, 4.69) is 0 Å². The lowest BCUT2D eigenvalue weighted by molar-refractivity contribution is 0.197. The Morgan fingerprint density at radius 3 is 2.80 bits per heavy atom. The molecule has 2 rings (SSSR count). The molecule has 0 saturated carbocycles. The largest absolute Gasteiger partial charge is 0.464 e. The number of carbonyl (C=O) groups is 1. The van der Waals surface area contributed by atoms with E-state index in [0.29, 0.717) is 21.6 Å². The lowest BCUT2D eigenvalue weighted by atomic mass is 10.2. The van der Waals surface area contributed by atoms with E-state index in [4.69, 9.17) is 28.3 Å². The third-order valence-electron chi connectivity index (χ3n) is 2.20. The molecular weight excluding hydrogens is 237 g/mol. The van der Waals surface area contributed by atoms with Crippen molar-refractivity contribution in [3.63, 3.8) is 0 Å². The molecule has 1 heterocycles. The van der Waals surface area contributed by atoms with Gasteiger partial charge in [0.15, 0.2) is 0 Å². The van der Waals surface area contributed by atoms with Crippen LogP contribution in [-0.2, 0) is 5.88 Å². The van der Waals surface area contributed by atoms with Crippen molar-refractivity contribution in [2.45, 2.75) is 5.88 Å². The van der Waals surface area contributed by atoms with Crippen molar-refractivity contribution < 1.29 is 9.90 Å². The minimum absolute atomic E-state index is 0.136. The van der Waals surface area contributed by atoms with Gasteiger partial charge in [0.2, 0.25) is 0 Å². The van der Waals surface area contributed by atoms with Crippen molar-refractivity contribution in [2.75, 3.05) is 0 Å². The summed E-state index contributed by atoms with van der Waals surface area (Å²) in [4.78, 5) is 11.0. The van der Waals surface area contributed by atoms with Crippen LogP contribution in [-0.4, -0.2) is 15.8 Å². The molecule has 2 aromatic rings. The maximum Gasteiger partial charge on any atom is 0.416 e. The Bertz CT molecular complexity index is 533. The lowest BCUT2D eigenvalue weighted by Crippen LogP contribution is -2.10. The Labute approximate surface area is 95.8 Å². The first-order valence-electron chi connectivity index (χ1n) is 4.23. The molecule has 0 aliphatic carbocycles. The van der Waals surface area contributed by atoms with Crippen LogP contribution in [0.3, 0.4) is 0 Å². The topological polar surface area (TPSA) is 42.2 Å². The Balaban J connectivity index is 2.86. The average molecular weight is 244 g/mol. The Kier molecular flexibility index (Phi) is 2.59. The van der Waals surface area contributed by atoms with Crippen LogP contribution >= 0.6 is 23.2 Å². The molecule has 0 spiro atoms. The molecule has 78 valence electrons. The molecule has 0 bridgehead atoms. The van der Waals surface area contributed by atoms with Gasteiger partial charge in [0.25, 0.3) is 0 Å². The molecule has 0 aliphatic heterocycles. The quantitative estimate of drug-likeness (QED) is 0.779. The fourth-order valence-electron chi connectivity index (χ4n) is 1.57. The van der Waals surface area contributed by atoms with Crippen molar-refractivity contribution in [1.82, 2.24) is 4.57 Å². The van der Waals surface area contributed by atoms with E-state index in [1.807, 2.05) is 0 Å². The molecule has 1 N–H and O–H groups in total. The summed E-state index contributed by atoms with van der Waals surface area (Å²) in [7, 11) is 0. The molecule has 5 heteroatoms. The number of halogens is 2. The normalized spacial score (nSPS) is 10.8. The highest BCUT2D eigenvalue weighted by atomic mass is 35.5. The Morgan fingerprint density at radius 2 is 2.20 bits per heavy atom. The van der Waals surface area contributed by atoms with Crippen LogP contribution < -0.4 is 0 Å². The number of benzene rings is 1. The van der Waals surface area contributed by atoms with Crippen LogP contribution in [0.5, 0.6) is 0 Å². The van der Waals surface area contributed by atoms with Crippen LogP contribution in [0.4, 0.5) is 4.79 Å². The van der Waals surface area contributed by atoms with Gasteiger partial charge < -0.3 is 5.11 Å². The van der Waals surface area contributed by atoms with Crippen molar-refractivity contribution in [1.29, 1.82) is 0 Å². The summed E-state index contributed by atoms with van der Waals surface area (Å²) in [6, 6.07) is 6.82. The van der Waals surface area contributed by atoms with E-state index in [9.17, 15) is 4.79 Å². The van der Waals surface area contributed by atoms with Gasteiger partial charge >= 0.3 is 6.09 Å². The molecule has 0 amide bonds. The first-order valence-corrected chi connectivity index (χ1v) is 5.14. The zero-order valence-corrected chi connectivity index (χ0v) is 9.09. The van der Waals surface area contributed by atoms with Crippen molar-refractivity contribution in [2.24, 2.45) is 0 Å². The van der Waals surface area contributed by atoms with Crippen LogP contribution in [0.2, 0.25) is 5.02 Å². The molecule has 0 atom stereocenters. The minimum atomic E-state index is -1.05. The van der Waals surface area contributed by atoms with Crippen LogP contribution in [0, 0.1) is 0 Å². The van der Waals surface area contributed by atoms with Gasteiger partial charge in [-0.25, -0.2) is 9.36 Å². The van der Waals surface area contributed by atoms with Gasteiger partial charge in [-0.1, -0.05) is 17.7 Å². The summed E-state index contributed by atoms with van der Waals surface area (Å²) in [6.45, 7) is 0. The van der Waals surface area contributed by atoms with E-state index >= 15 is 0 Å². The Hall–Kier alpha value is -1.19. The first-order chi connectivity index (χ1) is 7.15. The first kappa shape index (κ1) is 10.3. The van der Waals surface area contributed by atoms with Gasteiger partial charge in [-0.2, -0.15) is 0 Å². The second-order valence-electron chi connectivity index (χ2n) is 3.06. The highest BCUT2D eigenvalue weighted by Gasteiger charge is 2.14. The SMILES string of the molecule is O=C(O)n1c(CCl)cc2c(Cl)cccc21. The van der Waals surface area contributed by atoms with Crippen molar-refractivity contribution in [3.8, 4) is 0 Å². The minimum Gasteiger partial charge on any atom is -0.464 e. The van der Waals surface area contributed by atoms with Crippen LogP contribution in [0.1, 0.15) is 5.69 Å². The van der Waals surface area contributed by atoms with Crippen molar-refractivity contribution in [3.05, 3.63) is 35.0 Å². The summed E-state index contributed by atoms with van der Waals surface area (Å²) in [5, 5.41) is 10.3. The maximum absolute atomic E-state index is 11.0. The van der Waals surface area contributed by atoms with E-state index in [0.717, 1.165) is 4.57 Å². The highest BCUT2D eigenvalue weighted by Crippen LogP contribution is 2.27. The summed E-state index contributed by atoms with van der Waals surface area (Å²) in [5.74, 6) is 0.136. The number of hydrogen-bond acceptors (Lipinski definition) is 1. The van der Waals surface area contributed by atoms with E-state index in [1.165, 1.54) is 0 Å². The molecule has 0 saturated heterocycles. The predicted molar refractivity (Wildman–Crippen MR) is 59.9 cm³/mol. The fourth-order valence-corrected chi connectivity index (χ4v) is 1.99. The molecule has 0 fully saturated rings. The number of fused-ring (bicyclic) bond motifs is 1. The monoisotopic (exact) mass is 243 g/mol. The zero-order chi connectivity index (χ0) is 11.0. The molecule has 1 aromatic heterocycles. The summed E-state index contributed by atoms with van der Waals surface area (Å²) in [6.07, 6.45) is -1.05. The van der Waals surface area contributed by atoms with Gasteiger partial charge in [0.1, 0.15) is 0 Å². The van der Waals surface area contributed by atoms with Gasteiger partial charge in [-0.05, 0) is 18.2 Å². The molecule has 0 unspecified atom stereocenters. The highest BCUT2D eigenvalue weighted by molar-refractivity contribution is 6.35. The summed E-state index contributed by atoms with van der Waals surface area (Å²) < 4.78 is 1.15. The van der Waals surface area contributed by atoms with Gasteiger partial charge in [-0.15, -0.1) is 11.6 Å². The molecule has 3 nitrogen and oxygen atoms in total. The second-order valence-corrected chi connectivity index (χ2v) is 3.73. The third kappa shape index (κ3) is 1.58. The lowest BCUT2D eigenvalue weighted by Gasteiger charge is -2.01. The number of aromatic nitrogens is 1. The predicted octanol–water partition coefficient (Wildman–Crippen LogP) is 3.56. The number of carboxylic acid groups (broad SMARTS) is 1. The second kappa shape index (κ2) is 3.76. The standard InChI is InChI=1S/C10H7Cl2NO2/c11-5-6-4-7-8(12)2-1-3-9(7)13(6)10(14)15/h1-4H,5H2,(H,14,15). The van der Waals surface area contributed by atoms with Gasteiger partial charge in [-0.3, -0.25) is 0 Å². The molecule has 0 radical (unpaired) electrons. The summed E-state index contributed by atoms with van der Waals surface area (Å²) >= 11 is 11.6. The molecule has 15 heavy (non-hydrogen) atoms. The van der Waals surface area contributed by atoms with Crippen molar-refractivity contribution >= 4 is 40.2 Å². The van der Waals surface area contributed by atoms with Gasteiger partial charge in [0, 0.05) is 16.1 Å². The number of rotatable bonds is 1. The maximum atomic E-state index is 11.0. The fraction of sp³-hybridized carbons (Fsp3) is 0.100. The smallest absolute Gasteiger partial charge is 0.416 e. The Morgan fingerprint density at radius 1 is 1.47 bits per heavy atom. The number of alkyl halides is 1. The van der Waals surface area contributed by atoms with E-state index in [-0.39, 0.29) is 5.88 Å². The van der Waals surface area contributed by atoms with Crippen LogP contribution in [0.15, 0.2) is 24.3 Å². The third-order valence-corrected chi connectivity index (χ3v) is 2.80. The molecule has 0 aliphatic rings.